The van der Waals surface area contributed by atoms with Gasteiger partial charge in [-0.3, -0.25) is 0 Å². The summed E-state index contributed by atoms with van der Waals surface area (Å²) in [6, 6.07) is 16.6. The van der Waals surface area contributed by atoms with Crippen LogP contribution in [-0.4, -0.2) is 5.11 Å². The number of rotatable bonds is 16. The fraction of sp³-hybridized carbons (Fsp3) is 0.571. The molecule has 160 valence electrons. The number of benzene rings is 2. The fourth-order valence-corrected chi connectivity index (χ4v) is 4.08. The molecular weight excluding hydrogens is 352 g/mol. The van der Waals surface area contributed by atoms with Gasteiger partial charge in [0, 0.05) is 6.42 Å². The second kappa shape index (κ2) is 15.1. The summed E-state index contributed by atoms with van der Waals surface area (Å²) in [6.45, 7) is 2.28. The van der Waals surface area contributed by atoms with E-state index < -0.39 is 0 Å². The van der Waals surface area contributed by atoms with Gasteiger partial charge in [-0.15, -0.1) is 0 Å². The van der Waals surface area contributed by atoms with E-state index in [0.29, 0.717) is 5.75 Å². The summed E-state index contributed by atoms with van der Waals surface area (Å²) >= 11 is 0. The van der Waals surface area contributed by atoms with E-state index in [1.54, 1.807) is 0 Å². The highest BCUT2D eigenvalue weighted by molar-refractivity contribution is 5.39. The molecule has 0 aliphatic carbocycles. The van der Waals surface area contributed by atoms with Gasteiger partial charge in [-0.2, -0.15) is 0 Å². The number of phenols is 1. The van der Waals surface area contributed by atoms with Gasteiger partial charge in [0.2, 0.25) is 0 Å². The molecule has 1 N–H and O–H groups in total. The van der Waals surface area contributed by atoms with Crippen molar-refractivity contribution >= 4 is 0 Å². The third-order valence-corrected chi connectivity index (χ3v) is 5.96. The van der Waals surface area contributed by atoms with Crippen molar-refractivity contribution in [2.75, 3.05) is 0 Å². The molecule has 2 aromatic rings. The number of aryl methyl sites for hydroxylation is 1. The molecule has 0 radical (unpaired) electrons. The van der Waals surface area contributed by atoms with Crippen LogP contribution in [0.15, 0.2) is 48.5 Å². The largest absolute Gasteiger partial charge is 0.508 e. The van der Waals surface area contributed by atoms with Gasteiger partial charge in [0.1, 0.15) is 5.75 Å². The van der Waals surface area contributed by atoms with Crippen LogP contribution in [0.1, 0.15) is 107 Å². The Balaban J connectivity index is 1.50. The van der Waals surface area contributed by atoms with Crippen molar-refractivity contribution in [1.29, 1.82) is 0 Å². The Bertz CT molecular complexity index is 647. The Kier molecular flexibility index (Phi) is 12.3. The summed E-state index contributed by atoms with van der Waals surface area (Å²) in [5.74, 6) is 0.445. The predicted molar refractivity (Wildman–Crippen MR) is 127 cm³/mol. The van der Waals surface area contributed by atoms with Gasteiger partial charge < -0.3 is 5.11 Å². The zero-order valence-corrected chi connectivity index (χ0v) is 18.7. The number of hydrogen-bond acceptors (Lipinski definition) is 1. The molecule has 0 saturated carbocycles. The maximum atomic E-state index is 10.4. The maximum absolute atomic E-state index is 10.4. The van der Waals surface area contributed by atoms with Crippen molar-refractivity contribution in [3.63, 3.8) is 0 Å². The Hall–Kier alpha value is -1.76. The highest BCUT2D eigenvalue weighted by Crippen LogP contribution is 2.23. The number of aromatic hydroxyl groups is 1. The summed E-state index contributed by atoms with van der Waals surface area (Å²) in [4.78, 5) is 0. The molecule has 0 fully saturated rings. The normalized spacial score (nSPS) is 11.1. The molecule has 0 aliphatic heterocycles. The standard InChI is InChI=1S/C28H42O/c1-2-3-4-5-6-7-8-9-10-11-12-13-15-20-26-21-22-27(28(29)24-26)23-25-18-16-14-17-19-25/h14,16-19,21-22,24,29H,2-13,15,20,23H2,1H3. The second-order valence-corrected chi connectivity index (χ2v) is 8.62. The highest BCUT2D eigenvalue weighted by atomic mass is 16.3. The van der Waals surface area contributed by atoms with E-state index in [-0.39, 0.29) is 0 Å². The molecule has 0 amide bonds. The molecule has 0 saturated heterocycles. The molecule has 0 bridgehead atoms. The molecule has 2 aromatic carbocycles. The van der Waals surface area contributed by atoms with Gasteiger partial charge in [0.15, 0.2) is 0 Å². The van der Waals surface area contributed by atoms with E-state index in [4.69, 9.17) is 0 Å². The Morgan fingerprint density at radius 3 is 1.69 bits per heavy atom. The first-order valence-corrected chi connectivity index (χ1v) is 12.1. The molecule has 0 aliphatic rings. The molecular formula is C28H42O. The van der Waals surface area contributed by atoms with Crippen molar-refractivity contribution in [3.8, 4) is 5.75 Å². The van der Waals surface area contributed by atoms with E-state index in [0.717, 1.165) is 18.4 Å². The van der Waals surface area contributed by atoms with Crippen LogP contribution in [0.2, 0.25) is 0 Å². The van der Waals surface area contributed by atoms with E-state index in [1.165, 1.54) is 94.6 Å². The van der Waals surface area contributed by atoms with Crippen molar-refractivity contribution in [2.45, 2.75) is 103 Å². The molecule has 2 rings (SSSR count). The molecule has 0 unspecified atom stereocenters. The summed E-state index contributed by atoms with van der Waals surface area (Å²) in [5.41, 5.74) is 3.53. The molecule has 1 heteroatoms. The van der Waals surface area contributed by atoms with Crippen LogP contribution in [0, 0.1) is 0 Å². The number of phenolic OH excluding ortho intramolecular Hbond substituents is 1. The lowest BCUT2D eigenvalue weighted by molar-refractivity contribution is 0.468. The maximum Gasteiger partial charge on any atom is 0.119 e. The van der Waals surface area contributed by atoms with Crippen LogP contribution >= 0.6 is 0 Å². The first-order chi connectivity index (χ1) is 14.3. The topological polar surface area (TPSA) is 20.2 Å². The lowest BCUT2D eigenvalue weighted by atomic mass is 9.99. The Labute approximate surface area is 179 Å². The molecule has 0 spiro atoms. The van der Waals surface area contributed by atoms with E-state index in [2.05, 4.69) is 43.3 Å². The predicted octanol–water partition coefficient (Wildman–Crippen LogP) is 8.62. The first kappa shape index (κ1) is 23.5. The first-order valence-electron chi connectivity index (χ1n) is 12.1. The smallest absolute Gasteiger partial charge is 0.119 e. The third kappa shape index (κ3) is 10.5. The van der Waals surface area contributed by atoms with Gasteiger partial charge in [-0.25, -0.2) is 0 Å². The van der Waals surface area contributed by atoms with Crippen LogP contribution < -0.4 is 0 Å². The van der Waals surface area contributed by atoms with Crippen LogP contribution in [0.3, 0.4) is 0 Å². The third-order valence-electron chi connectivity index (χ3n) is 5.96. The summed E-state index contributed by atoms with van der Waals surface area (Å²) in [6.07, 6.45) is 19.9. The monoisotopic (exact) mass is 394 g/mol. The van der Waals surface area contributed by atoms with Crippen LogP contribution in [-0.2, 0) is 12.8 Å². The molecule has 29 heavy (non-hydrogen) atoms. The van der Waals surface area contributed by atoms with Crippen molar-refractivity contribution in [1.82, 2.24) is 0 Å². The van der Waals surface area contributed by atoms with Gasteiger partial charge >= 0.3 is 0 Å². The van der Waals surface area contributed by atoms with Gasteiger partial charge in [0.25, 0.3) is 0 Å². The van der Waals surface area contributed by atoms with Crippen molar-refractivity contribution in [3.05, 3.63) is 65.2 Å². The molecule has 0 heterocycles. The molecule has 0 atom stereocenters. The van der Waals surface area contributed by atoms with Crippen molar-refractivity contribution in [2.24, 2.45) is 0 Å². The Morgan fingerprint density at radius 1 is 0.586 bits per heavy atom. The molecule has 0 aromatic heterocycles. The van der Waals surface area contributed by atoms with E-state index in [9.17, 15) is 5.11 Å². The molecule has 1 nitrogen and oxygen atoms in total. The SMILES string of the molecule is CCCCCCCCCCCCCCCc1ccc(Cc2ccccc2)c(O)c1. The highest BCUT2D eigenvalue weighted by Gasteiger charge is 2.04. The minimum atomic E-state index is 0.445. The van der Waals surface area contributed by atoms with E-state index >= 15 is 0 Å². The average Bonchev–Trinajstić information content (AvgIpc) is 2.74. The zero-order valence-electron chi connectivity index (χ0n) is 18.7. The van der Waals surface area contributed by atoms with E-state index in [1.807, 2.05) is 12.1 Å². The van der Waals surface area contributed by atoms with Crippen LogP contribution in [0.5, 0.6) is 5.75 Å². The van der Waals surface area contributed by atoms with Crippen LogP contribution in [0.4, 0.5) is 0 Å². The van der Waals surface area contributed by atoms with Crippen molar-refractivity contribution < 1.29 is 5.11 Å². The lowest BCUT2D eigenvalue weighted by Gasteiger charge is -2.08. The minimum absolute atomic E-state index is 0.445. The van der Waals surface area contributed by atoms with Gasteiger partial charge in [-0.1, -0.05) is 126 Å². The zero-order chi connectivity index (χ0) is 20.6. The average molecular weight is 395 g/mol. The lowest BCUT2D eigenvalue weighted by Crippen LogP contribution is -1.92. The number of unbranched alkanes of at least 4 members (excludes halogenated alkanes) is 12. The van der Waals surface area contributed by atoms with Gasteiger partial charge in [-0.05, 0) is 35.6 Å². The Morgan fingerprint density at radius 2 is 1.14 bits per heavy atom. The quantitative estimate of drug-likeness (QED) is 0.282. The fourth-order valence-electron chi connectivity index (χ4n) is 4.08. The summed E-state index contributed by atoms with van der Waals surface area (Å²) in [5, 5.41) is 10.4. The minimum Gasteiger partial charge on any atom is -0.508 e. The second-order valence-electron chi connectivity index (χ2n) is 8.62. The van der Waals surface area contributed by atoms with Crippen LogP contribution in [0.25, 0.3) is 0 Å². The summed E-state index contributed by atoms with van der Waals surface area (Å²) in [7, 11) is 0. The van der Waals surface area contributed by atoms with Gasteiger partial charge in [0.05, 0.1) is 0 Å². The summed E-state index contributed by atoms with van der Waals surface area (Å²) < 4.78 is 0. The number of hydrogen-bond donors (Lipinski definition) is 1.